The number of non-ortho nitro benzene ring substituents is 2. The van der Waals surface area contributed by atoms with Crippen molar-refractivity contribution in [2.45, 2.75) is 32.2 Å². The quantitative estimate of drug-likeness (QED) is 0.618. The molecular weight excluding hydrogens is 310 g/mol. The molecule has 7 heteroatoms. The van der Waals surface area contributed by atoms with Crippen LogP contribution in [0.25, 0.3) is 0 Å². The molecule has 0 spiro atoms. The summed E-state index contributed by atoms with van der Waals surface area (Å²) in [7, 11) is 0. The van der Waals surface area contributed by atoms with Crippen LogP contribution in [0.15, 0.2) is 42.5 Å². The summed E-state index contributed by atoms with van der Waals surface area (Å²) in [5, 5.41) is 21.9. The number of nitro benzene ring substituents is 2. The van der Waals surface area contributed by atoms with Crippen molar-refractivity contribution in [3.8, 4) is 0 Å². The van der Waals surface area contributed by atoms with Gasteiger partial charge in [-0.3, -0.25) is 20.2 Å². The van der Waals surface area contributed by atoms with Gasteiger partial charge in [-0.05, 0) is 30.7 Å². The number of fused-ring (bicyclic) bond motifs is 1. The topological polar surface area (TPSA) is 89.5 Å². The molecule has 1 heterocycles. The summed E-state index contributed by atoms with van der Waals surface area (Å²) in [4.78, 5) is 23.1. The highest BCUT2D eigenvalue weighted by Gasteiger charge is 2.43. The number of nitrogens with zero attached hydrogens (tertiary/aromatic N) is 3. The minimum absolute atomic E-state index is 0.0359. The first-order chi connectivity index (χ1) is 11.2. The van der Waals surface area contributed by atoms with Crippen molar-refractivity contribution < 1.29 is 9.85 Å². The van der Waals surface area contributed by atoms with Crippen molar-refractivity contribution >= 4 is 22.7 Å². The van der Waals surface area contributed by atoms with E-state index in [2.05, 4.69) is 4.90 Å². The summed E-state index contributed by atoms with van der Waals surface area (Å²) in [6, 6.07) is 11.3. The average molecular weight is 327 g/mol. The van der Waals surface area contributed by atoms with Crippen LogP contribution in [0.4, 0.5) is 22.7 Å². The summed E-state index contributed by atoms with van der Waals surface area (Å²) in [5.41, 5.74) is 2.44. The first-order valence-corrected chi connectivity index (χ1v) is 7.56. The van der Waals surface area contributed by atoms with Crippen LogP contribution in [0.5, 0.6) is 0 Å². The van der Waals surface area contributed by atoms with E-state index in [1.54, 1.807) is 24.3 Å². The molecule has 2 aromatic rings. The fourth-order valence-corrected chi connectivity index (χ4v) is 3.22. The normalized spacial score (nSPS) is 18.3. The van der Waals surface area contributed by atoms with Crippen molar-refractivity contribution in [3.05, 3.63) is 68.3 Å². The van der Waals surface area contributed by atoms with Crippen molar-refractivity contribution in [1.29, 1.82) is 0 Å². The minimum atomic E-state index is -0.432. The van der Waals surface area contributed by atoms with Gasteiger partial charge in [-0.1, -0.05) is 13.8 Å². The number of rotatable bonds is 3. The van der Waals surface area contributed by atoms with Gasteiger partial charge in [0.1, 0.15) is 0 Å². The zero-order chi connectivity index (χ0) is 17.6. The van der Waals surface area contributed by atoms with Gasteiger partial charge in [-0.2, -0.15) is 0 Å². The summed E-state index contributed by atoms with van der Waals surface area (Å²) < 4.78 is 0. The van der Waals surface area contributed by atoms with Crippen LogP contribution in [0, 0.1) is 20.2 Å². The highest BCUT2D eigenvalue weighted by molar-refractivity contribution is 5.75. The molecule has 0 fully saturated rings. The van der Waals surface area contributed by atoms with Gasteiger partial charge >= 0.3 is 0 Å². The first-order valence-electron chi connectivity index (χ1n) is 7.56. The van der Waals surface area contributed by atoms with Crippen LogP contribution in [0.1, 0.15) is 26.3 Å². The van der Waals surface area contributed by atoms with Gasteiger partial charge in [0.25, 0.3) is 11.4 Å². The fraction of sp³-hybridized carbons (Fsp3) is 0.294. The Hall–Kier alpha value is -2.96. The maximum absolute atomic E-state index is 11.1. The zero-order valence-electron chi connectivity index (χ0n) is 13.6. The molecule has 124 valence electrons. The lowest BCUT2D eigenvalue weighted by molar-refractivity contribution is -0.385. The number of anilines is 2. The molecule has 2 aromatic carbocycles. The standard InChI is InChI=1S/C17H17N3O4/c1-11-17(2,3)15-10-14(20(23)24)8-9-16(15)18(11)12-4-6-13(7-5-12)19(21)22/h4-11H,1-3H3. The molecule has 0 bridgehead atoms. The molecule has 0 aliphatic carbocycles. The Morgan fingerprint density at radius 1 is 0.958 bits per heavy atom. The largest absolute Gasteiger partial charge is 0.338 e. The van der Waals surface area contributed by atoms with Crippen LogP contribution in [-0.2, 0) is 5.41 Å². The van der Waals surface area contributed by atoms with Crippen LogP contribution in [-0.4, -0.2) is 15.9 Å². The molecular formula is C17H17N3O4. The van der Waals surface area contributed by atoms with Crippen molar-refractivity contribution in [3.63, 3.8) is 0 Å². The van der Waals surface area contributed by atoms with Crippen LogP contribution in [0.2, 0.25) is 0 Å². The van der Waals surface area contributed by atoms with E-state index in [1.807, 2.05) is 20.8 Å². The molecule has 1 unspecified atom stereocenters. The van der Waals surface area contributed by atoms with Gasteiger partial charge in [0.05, 0.1) is 9.85 Å². The van der Waals surface area contributed by atoms with E-state index in [0.29, 0.717) is 0 Å². The zero-order valence-corrected chi connectivity index (χ0v) is 13.6. The second kappa shape index (κ2) is 5.30. The minimum Gasteiger partial charge on any atom is -0.338 e. The molecule has 1 aliphatic rings. The van der Waals surface area contributed by atoms with Gasteiger partial charge in [0.15, 0.2) is 0 Å². The number of nitro groups is 2. The average Bonchev–Trinajstić information content (AvgIpc) is 2.74. The van der Waals surface area contributed by atoms with E-state index >= 15 is 0 Å². The smallest absolute Gasteiger partial charge is 0.269 e. The Bertz CT molecular complexity index is 830. The molecule has 0 radical (unpaired) electrons. The maximum atomic E-state index is 11.1. The SMILES string of the molecule is CC1N(c2ccc([N+](=O)[O-])cc2)c2ccc([N+](=O)[O-])cc2C1(C)C. The van der Waals surface area contributed by atoms with Crippen molar-refractivity contribution in [2.24, 2.45) is 0 Å². The lowest BCUT2D eigenvalue weighted by atomic mass is 9.81. The molecule has 3 rings (SSSR count). The van der Waals surface area contributed by atoms with Crippen molar-refractivity contribution in [1.82, 2.24) is 0 Å². The van der Waals surface area contributed by atoms with E-state index in [0.717, 1.165) is 16.9 Å². The molecule has 0 N–H and O–H groups in total. The third-order valence-electron chi connectivity index (χ3n) is 4.92. The van der Waals surface area contributed by atoms with E-state index in [1.165, 1.54) is 18.2 Å². The molecule has 0 saturated carbocycles. The second-order valence-electron chi connectivity index (χ2n) is 6.50. The van der Waals surface area contributed by atoms with Crippen molar-refractivity contribution in [2.75, 3.05) is 4.90 Å². The molecule has 7 nitrogen and oxygen atoms in total. The van der Waals surface area contributed by atoms with E-state index in [4.69, 9.17) is 0 Å². The van der Waals surface area contributed by atoms with E-state index in [9.17, 15) is 20.2 Å². The van der Waals surface area contributed by atoms with E-state index in [-0.39, 0.29) is 22.8 Å². The second-order valence-corrected chi connectivity index (χ2v) is 6.50. The highest BCUT2D eigenvalue weighted by atomic mass is 16.6. The lowest BCUT2D eigenvalue weighted by Crippen LogP contribution is -2.36. The van der Waals surface area contributed by atoms with Gasteiger partial charge < -0.3 is 4.90 Å². The van der Waals surface area contributed by atoms with Gasteiger partial charge in [0.2, 0.25) is 0 Å². The summed E-state index contributed by atoms with van der Waals surface area (Å²) in [6.07, 6.45) is 0. The predicted molar refractivity (Wildman–Crippen MR) is 90.8 cm³/mol. The number of hydrogen-bond acceptors (Lipinski definition) is 5. The fourth-order valence-electron chi connectivity index (χ4n) is 3.22. The van der Waals surface area contributed by atoms with Gasteiger partial charge in [-0.15, -0.1) is 0 Å². The van der Waals surface area contributed by atoms with Crippen LogP contribution >= 0.6 is 0 Å². The first kappa shape index (κ1) is 15.9. The maximum Gasteiger partial charge on any atom is 0.269 e. The summed E-state index contributed by atoms with van der Waals surface area (Å²) in [6.45, 7) is 6.14. The van der Waals surface area contributed by atoms with Gasteiger partial charge in [0, 0.05) is 47.1 Å². The predicted octanol–water partition coefficient (Wildman–Crippen LogP) is 4.32. The Balaban J connectivity index is 2.11. The number of hydrogen-bond donors (Lipinski definition) is 0. The third-order valence-corrected chi connectivity index (χ3v) is 4.92. The van der Waals surface area contributed by atoms with E-state index < -0.39 is 9.85 Å². The van der Waals surface area contributed by atoms with Gasteiger partial charge in [-0.25, -0.2) is 0 Å². The summed E-state index contributed by atoms with van der Waals surface area (Å²) >= 11 is 0. The Kier molecular flexibility index (Phi) is 3.51. The molecule has 0 saturated heterocycles. The molecule has 0 aromatic heterocycles. The third kappa shape index (κ3) is 2.29. The molecule has 0 amide bonds. The Morgan fingerprint density at radius 3 is 2.04 bits per heavy atom. The molecule has 1 atom stereocenters. The molecule has 1 aliphatic heterocycles. The Labute approximate surface area is 138 Å². The van der Waals surface area contributed by atoms with Crippen LogP contribution < -0.4 is 4.90 Å². The summed E-state index contributed by atoms with van der Waals surface area (Å²) in [5.74, 6) is 0. The Morgan fingerprint density at radius 2 is 1.50 bits per heavy atom. The van der Waals surface area contributed by atoms with Crippen LogP contribution in [0.3, 0.4) is 0 Å². The number of benzene rings is 2. The highest BCUT2D eigenvalue weighted by Crippen LogP contribution is 2.49. The molecule has 24 heavy (non-hydrogen) atoms. The lowest BCUT2D eigenvalue weighted by Gasteiger charge is -2.31. The monoisotopic (exact) mass is 327 g/mol.